The molecular weight excluding hydrogens is 348 g/mol. The number of aromatic amines is 1. The van der Waals surface area contributed by atoms with E-state index in [0.717, 1.165) is 16.9 Å². The number of imidazole rings is 1. The van der Waals surface area contributed by atoms with Crippen LogP contribution in [0.15, 0.2) is 35.4 Å². The monoisotopic (exact) mass is 368 g/mol. The van der Waals surface area contributed by atoms with E-state index in [0.29, 0.717) is 28.4 Å². The van der Waals surface area contributed by atoms with Crippen LogP contribution in [0.2, 0.25) is 0 Å². The molecule has 1 aromatic heterocycles. The Morgan fingerprint density at radius 3 is 2.44 bits per heavy atom. The van der Waals surface area contributed by atoms with Crippen molar-refractivity contribution < 1.29 is 19.0 Å². The average Bonchev–Trinajstić information content (AvgIpc) is 3.06. The van der Waals surface area contributed by atoms with Crippen molar-refractivity contribution in [2.24, 2.45) is 5.10 Å². The molecular formula is C19H20N4O4. The molecule has 0 aliphatic carbocycles. The van der Waals surface area contributed by atoms with Gasteiger partial charge in [-0.3, -0.25) is 4.79 Å². The van der Waals surface area contributed by atoms with Crippen molar-refractivity contribution in [1.29, 1.82) is 0 Å². The Bertz CT molecular complexity index is 985. The fourth-order valence-electron chi connectivity index (χ4n) is 2.68. The highest BCUT2D eigenvalue weighted by molar-refractivity contribution is 5.97. The minimum Gasteiger partial charge on any atom is -0.493 e. The van der Waals surface area contributed by atoms with Gasteiger partial charge in [0.15, 0.2) is 11.5 Å². The number of fused-ring (bicyclic) bond motifs is 1. The van der Waals surface area contributed by atoms with Crippen molar-refractivity contribution in [1.82, 2.24) is 15.4 Å². The number of methoxy groups -OCH3 is 3. The van der Waals surface area contributed by atoms with Gasteiger partial charge in [0.25, 0.3) is 5.91 Å². The highest BCUT2D eigenvalue weighted by atomic mass is 16.5. The first kappa shape index (κ1) is 18.2. The molecule has 0 saturated carbocycles. The number of benzene rings is 2. The van der Waals surface area contributed by atoms with Crippen LogP contribution < -0.4 is 19.6 Å². The topological polar surface area (TPSA) is 97.8 Å². The van der Waals surface area contributed by atoms with Gasteiger partial charge >= 0.3 is 0 Å². The molecule has 2 aromatic carbocycles. The quantitative estimate of drug-likeness (QED) is 0.515. The summed E-state index contributed by atoms with van der Waals surface area (Å²) in [5.41, 5.74) is 5.28. The lowest BCUT2D eigenvalue weighted by Crippen LogP contribution is -2.17. The van der Waals surface area contributed by atoms with E-state index in [1.54, 1.807) is 30.3 Å². The van der Waals surface area contributed by atoms with Crippen molar-refractivity contribution in [3.63, 3.8) is 0 Å². The molecule has 140 valence electrons. The second kappa shape index (κ2) is 7.77. The van der Waals surface area contributed by atoms with Crippen LogP contribution in [0.1, 0.15) is 21.7 Å². The number of carbonyl (C=O) groups is 1. The molecule has 0 saturated heterocycles. The van der Waals surface area contributed by atoms with Crippen molar-refractivity contribution in [2.45, 2.75) is 6.92 Å². The zero-order valence-electron chi connectivity index (χ0n) is 15.5. The average molecular weight is 368 g/mol. The van der Waals surface area contributed by atoms with Gasteiger partial charge in [0.2, 0.25) is 5.75 Å². The summed E-state index contributed by atoms with van der Waals surface area (Å²) in [7, 11) is 4.60. The highest BCUT2D eigenvalue weighted by Crippen LogP contribution is 2.37. The lowest BCUT2D eigenvalue weighted by molar-refractivity contribution is 0.0955. The van der Waals surface area contributed by atoms with E-state index < -0.39 is 0 Å². The number of hydrazone groups is 1. The number of nitrogens with zero attached hydrogens (tertiary/aromatic N) is 2. The zero-order valence-corrected chi connectivity index (χ0v) is 15.5. The number of hydrogen-bond acceptors (Lipinski definition) is 6. The molecule has 27 heavy (non-hydrogen) atoms. The van der Waals surface area contributed by atoms with E-state index in [9.17, 15) is 4.79 Å². The Morgan fingerprint density at radius 2 is 1.81 bits per heavy atom. The minimum absolute atomic E-state index is 0.326. The molecule has 0 radical (unpaired) electrons. The Hall–Kier alpha value is -3.55. The van der Waals surface area contributed by atoms with Crippen LogP contribution >= 0.6 is 0 Å². The maximum atomic E-state index is 12.3. The molecule has 0 aliphatic rings. The minimum atomic E-state index is -0.326. The predicted octanol–water partition coefficient (Wildman–Crippen LogP) is 2.66. The van der Waals surface area contributed by atoms with Gasteiger partial charge in [0, 0.05) is 11.1 Å². The van der Waals surface area contributed by atoms with Crippen molar-refractivity contribution >= 4 is 23.2 Å². The van der Waals surface area contributed by atoms with Gasteiger partial charge in [0.1, 0.15) is 5.82 Å². The third kappa shape index (κ3) is 3.84. The zero-order chi connectivity index (χ0) is 19.4. The number of nitrogens with one attached hydrogen (secondary N) is 2. The number of carbonyl (C=O) groups excluding carboxylic acids is 1. The third-order valence-electron chi connectivity index (χ3n) is 3.93. The van der Waals surface area contributed by atoms with Crippen LogP contribution in [-0.4, -0.2) is 43.4 Å². The molecule has 1 amide bonds. The summed E-state index contributed by atoms with van der Waals surface area (Å²) in [6.07, 6.45) is 1.50. The molecule has 8 nitrogen and oxygen atoms in total. The van der Waals surface area contributed by atoms with Gasteiger partial charge in [-0.1, -0.05) is 0 Å². The standard InChI is InChI=1S/C19H20N4O4/c1-11-21-14-6-5-13(9-15(14)22-11)19(24)23-20-10-12-7-16(25-2)18(27-4)17(8-12)26-3/h5-10H,1-4H3,(H,21,22)(H,23,24)/b20-10+. The molecule has 3 rings (SSSR count). The largest absolute Gasteiger partial charge is 0.493 e. The lowest BCUT2D eigenvalue weighted by atomic mass is 10.2. The lowest BCUT2D eigenvalue weighted by Gasteiger charge is -2.12. The SMILES string of the molecule is COc1cc(/C=N/NC(=O)c2ccc3nc(C)[nH]c3c2)cc(OC)c1OC. The van der Waals surface area contributed by atoms with Crippen LogP contribution in [0, 0.1) is 6.92 Å². The van der Waals surface area contributed by atoms with Crippen LogP contribution in [0.3, 0.4) is 0 Å². The van der Waals surface area contributed by atoms with Gasteiger partial charge < -0.3 is 19.2 Å². The number of H-pyrrole nitrogens is 1. The second-order valence-electron chi connectivity index (χ2n) is 5.71. The maximum Gasteiger partial charge on any atom is 0.271 e. The van der Waals surface area contributed by atoms with E-state index >= 15 is 0 Å². The summed E-state index contributed by atoms with van der Waals surface area (Å²) in [4.78, 5) is 19.7. The molecule has 3 aromatic rings. The van der Waals surface area contributed by atoms with Crippen LogP contribution in [0.5, 0.6) is 17.2 Å². The van der Waals surface area contributed by atoms with Crippen LogP contribution in [0.4, 0.5) is 0 Å². The summed E-state index contributed by atoms with van der Waals surface area (Å²) in [5.74, 6) is 1.97. The number of ether oxygens (including phenoxy) is 3. The van der Waals surface area contributed by atoms with Gasteiger partial charge in [-0.05, 0) is 37.3 Å². The molecule has 0 atom stereocenters. The Kier molecular flexibility index (Phi) is 5.25. The summed E-state index contributed by atoms with van der Waals surface area (Å²) in [6.45, 7) is 1.86. The van der Waals surface area contributed by atoms with E-state index in [2.05, 4.69) is 20.5 Å². The van der Waals surface area contributed by atoms with Gasteiger partial charge in [-0.25, -0.2) is 10.4 Å². The Balaban J connectivity index is 1.76. The summed E-state index contributed by atoms with van der Waals surface area (Å²) in [6, 6.07) is 8.69. The smallest absolute Gasteiger partial charge is 0.271 e. The first-order valence-electron chi connectivity index (χ1n) is 8.15. The van der Waals surface area contributed by atoms with E-state index in [4.69, 9.17) is 14.2 Å². The molecule has 0 unspecified atom stereocenters. The van der Waals surface area contributed by atoms with E-state index in [1.807, 2.05) is 6.92 Å². The Morgan fingerprint density at radius 1 is 1.11 bits per heavy atom. The van der Waals surface area contributed by atoms with Crippen molar-refractivity contribution in [2.75, 3.05) is 21.3 Å². The van der Waals surface area contributed by atoms with Gasteiger partial charge in [0.05, 0.1) is 38.6 Å². The van der Waals surface area contributed by atoms with E-state index in [1.165, 1.54) is 27.5 Å². The predicted molar refractivity (Wildman–Crippen MR) is 102 cm³/mol. The van der Waals surface area contributed by atoms with Crippen molar-refractivity contribution in [3.8, 4) is 17.2 Å². The molecule has 0 fully saturated rings. The molecule has 0 spiro atoms. The molecule has 0 aliphatic heterocycles. The first-order valence-corrected chi connectivity index (χ1v) is 8.15. The summed E-state index contributed by atoms with van der Waals surface area (Å²) in [5, 5.41) is 4.01. The molecule has 2 N–H and O–H groups in total. The molecule has 0 bridgehead atoms. The van der Waals surface area contributed by atoms with E-state index in [-0.39, 0.29) is 5.91 Å². The van der Waals surface area contributed by atoms with Gasteiger partial charge in [-0.2, -0.15) is 5.10 Å². The number of aromatic nitrogens is 2. The van der Waals surface area contributed by atoms with Crippen LogP contribution in [-0.2, 0) is 0 Å². The summed E-state index contributed by atoms with van der Waals surface area (Å²) >= 11 is 0. The molecule has 8 heteroatoms. The van der Waals surface area contributed by atoms with Crippen LogP contribution in [0.25, 0.3) is 11.0 Å². The normalized spacial score (nSPS) is 11.0. The number of rotatable bonds is 6. The first-order chi connectivity index (χ1) is 13.0. The van der Waals surface area contributed by atoms with Gasteiger partial charge in [-0.15, -0.1) is 0 Å². The Labute approximate surface area is 156 Å². The number of hydrogen-bond donors (Lipinski definition) is 2. The second-order valence-corrected chi connectivity index (χ2v) is 5.71. The number of amides is 1. The highest BCUT2D eigenvalue weighted by Gasteiger charge is 2.12. The summed E-state index contributed by atoms with van der Waals surface area (Å²) < 4.78 is 15.9. The fraction of sp³-hybridized carbons (Fsp3) is 0.211. The van der Waals surface area contributed by atoms with Crippen molar-refractivity contribution in [3.05, 3.63) is 47.3 Å². The third-order valence-corrected chi connectivity index (χ3v) is 3.93. The number of aryl methyl sites for hydroxylation is 1. The fourth-order valence-corrected chi connectivity index (χ4v) is 2.68. The maximum absolute atomic E-state index is 12.3. The molecule has 1 heterocycles.